The maximum absolute atomic E-state index is 13.0. The summed E-state index contributed by atoms with van der Waals surface area (Å²) in [7, 11) is 0. The highest BCUT2D eigenvalue weighted by atomic mass is 19.3. The van der Waals surface area contributed by atoms with Crippen LogP contribution in [0.4, 0.5) is 14.5 Å². The van der Waals surface area contributed by atoms with Gasteiger partial charge in [0.25, 0.3) is 5.92 Å². The quantitative estimate of drug-likeness (QED) is 0.729. The Balaban J connectivity index is 2.39. The summed E-state index contributed by atoms with van der Waals surface area (Å²) in [4.78, 5) is 0. The first-order chi connectivity index (χ1) is 6.57. The van der Waals surface area contributed by atoms with Gasteiger partial charge in [0.05, 0.1) is 0 Å². The molecule has 0 amide bonds. The van der Waals surface area contributed by atoms with Crippen LogP contribution >= 0.6 is 0 Å². The number of nitrogens with one attached hydrogen (secondary N) is 1. The van der Waals surface area contributed by atoms with Crippen molar-refractivity contribution in [1.82, 2.24) is 0 Å². The van der Waals surface area contributed by atoms with E-state index < -0.39 is 5.92 Å². The Kier molecular flexibility index (Phi) is 2.17. The number of hydrogen-bond acceptors (Lipinski definition) is 1. The predicted molar refractivity (Wildman–Crippen MR) is 52.8 cm³/mol. The zero-order valence-corrected chi connectivity index (χ0v) is 8.11. The van der Waals surface area contributed by atoms with Gasteiger partial charge in [0, 0.05) is 24.7 Å². The smallest absolute Gasteiger partial charge is 0.270 e. The van der Waals surface area contributed by atoms with E-state index in [1.165, 1.54) is 6.07 Å². The fourth-order valence-electron chi connectivity index (χ4n) is 1.75. The highest BCUT2D eigenvalue weighted by molar-refractivity contribution is 5.54. The molecule has 14 heavy (non-hydrogen) atoms. The maximum Gasteiger partial charge on any atom is 0.270 e. The summed E-state index contributed by atoms with van der Waals surface area (Å²) in [5.74, 6) is -2.73. The van der Waals surface area contributed by atoms with Crippen molar-refractivity contribution in [2.24, 2.45) is 0 Å². The Morgan fingerprint density at radius 1 is 1.36 bits per heavy atom. The lowest BCUT2D eigenvalue weighted by Crippen LogP contribution is -2.14. The summed E-state index contributed by atoms with van der Waals surface area (Å²) in [6.45, 7) is 1.87. The zero-order chi connectivity index (χ0) is 10.2. The highest BCUT2D eigenvalue weighted by Gasteiger charge is 2.25. The molecule has 1 aromatic carbocycles. The van der Waals surface area contributed by atoms with E-state index in [1.807, 2.05) is 0 Å². The average Bonchev–Trinajstić information content (AvgIpc) is 2.16. The predicted octanol–water partition coefficient (Wildman–Crippen LogP) is 3.16. The van der Waals surface area contributed by atoms with Crippen LogP contribution in [0.15, 0.2) is 18.2 Å². The molecule has 1 aliphatic heterocycles. The standard InChI is InChI=1S/C11H13F2N/c1-11(12,13)9-4-5-10-8(7-9)3-2-6-14-10/h4-5,7,14H,2-3,6H2,1H3. The van der Waals surface area contributed by atoms with Crippen LogP contribution in [0.25, 0.3) is 0 Å². The molecular weight excluding hydrogens is 184 g/mol. The first kappa shape index (κ1) is 9.44. The van der Waals surface area contributed by atoms with Gasteiger partial charge in [-0.05, 0) is 30.5 Å². The first-order valence-electron chi connectivity index (χ1n) is 4.82. The van der Waals surface area contributed by atoms with E-state index in [0.29, 0.717) is 0 Å². The van der Waals surface area contributed by atoms with E-state index in [2.05, 4.69) is 5.32 Å². The number of rotatable bonds is 1. The Bertz CT molecular complexity index is 342. The third-order valence-corrected chi connectivity index (χ3v) is 2.55. The molecule has 0 saturated carbocycles. The lowest BCUT2D eigenvalue weighted by atomic mass is 9.99. The van der Waals surface area contributed by atoms with Gasteiger partial charge >= 0.3 is 0 Å². The zero-order valence-electron chi connectivity index (χ0n) is 8.11. The second kappa shape index (κ2) is 3.23. The molecule has 0 saturated heterocycles. The molecule has 76 valence electrons. The summed E-state index contributed by atoms with van der Waals surface area (Å²) in [5.41, 5.74) is 2.12. The van der Waals surface area contributed by atoms with Gasteiger partial charge < -0.3 is 5.32 Å². The minimum atomic E-state index is -2.73. The van der Waals surface area contributed by atoms with Gasteiger partial charge in [-0.2, -0.15) is 0 Å². The second-order valence-corrected chi connectivity index (χ2v) is 3.79. The fraction of sp³-hybridized carbons (Fsp3) is 0.455. The van der Waals surface area contributed by atoms with Crippen LogP contribution in [-0.2, 0) is 12.3 Å². The van der Waals surface area contributed by atoms with Crippen LogP contribution in [0, 0.1) is 0 Å². The van der Waals surface area contributed by atoms with Gasteiger partial charge in [0.2, 0.25) is 0 Å². The first-order valence-corrected chi connectivity index (χ1v) is 4.82. The molecule has 0 unspecified atom stereocenters. The van der Waals surface area contributed by atoms with E-state index in [-0.39, 0.29) is 5.56 Å². The lowest BCUT2D eigenvalue weighted by molar-refractivity contribution is 0.0174. The van der Waals surface area contributed by atoms with Crippen molar-refractivity contribution in [1.29, 1.82) is 0 Å². The third-order valence-electron chi connectivity index (χ3n) is 2.55. The van der Waals surface area contributed by atoms with Crippen molar-refractivity contribution in [3.8, 4) is 0 Å². The number of alkyl halides is 2. The largest absolute Gasteiger partial charge is 0.385 e. The second-order valence-electron chi connectivity index (χ2n) is 3.79. The van der Waals surface area contributed by atoms with Gasteiger partial charge in [-0.3, -0.25) is 0 Å². The van der Waals surface area contributed by atoms with Crippen molar-refractivity contribution >= 4 is 5.69 Å². The molecule has 0 spiro atoms. The van der Waals surface area contributed by atoms with Gasteiger partial charge in [0.1, 0.15) is 0 Å². The molecule has 2 rings (SSSR count). The number of hydrogen-bond donors (Lipinski definition) is 1. The van der Waals surface area contributed by atoms with Crippen molar-refractivity contribution < 1.29 is 8.78 Å². The summed E-state index contributed by atoms with van der Waals surface area (Å²) in [5, 5.41) is 3.20. The highest BCUT2D eigenvalue weighted by Crippen LogP contribution is 2.31. The molecule has 0 atom stereocenters. The van der Waals surface area contributed by atoms with E-state index in [0.717, 1.165) is 37.6 Å². The van der Waals surface area contributed by atoms with E-state index in [1.54, 1.807) is 12.1 Å². The third kappa shape index (κ3) is 1.72. The van der Waals surface area contributed by atoms with E-state index >= 15 is 0 Å². The number of anilines is 1. The van der Waals surface area contributed by atoms with Crippen molar-refractivity contribution in [3.63, 3.8) is 0 Å². The van der Waals surface area contributed by atoms with Crippen LogP contribution in [0.2, 0.25) is 0 Å². The summed E-state index contributed by atoms with van der Waals surface area (Å²) < 4.78 is 26.0. The van der Waals surface area contributed by atoms with Crippen molar-refractivity contribution in [2.75, 3.05) is 11.9 Å². The minimum absolute atomic E-state index is 0.111. The molecule has 1 aliphatic rings. The van der Waals surface area contributed by atoms with Crippen molar-refractivity contribution in [3.05, 3.63) is 29.3 Å². The van der Waals surface area contributed by atoms with Crippen molar-refractivity contribution in [2.45, 2.75) is 25.7 Å². The molecule has 3 heteroatoms. The molecular formula is C11H13F2N. The van der Waals surface area contributed by atoms with Gasteiger partial charge in [-0.1, -0.05) is 6.07 Å². The Morgan fingerprint density at radius 3 is 2.86 bits per heavy atom. The number of benzene rings is 1. The van der Waals surface area contributed by atoms with Crippen LogP contribution in [0.1, 0.15) is 24.5 Å². The monoisotopic (exact) mass is 197 g/mol. The summed E-state index contributed by atoms with van der Waals surface area (Å²) >= 11 is 0. The molecule has 1 N–H and O–H groups in total. The number of aryl methyl sites for hydroxylation is 1. The van der Waals surface area contributed by atoms with E-state index in [4.69, 9.17) is 0 Å². The Morgan fingerprint density at radius 2 is 2.14 bits per heavy atom. The molecule has 1 aromatic rings. The lowest BCUT2D eigenvalue weighted by Gasteiger charge is -2.20. The van der Waals surface area contributed by atoms with E-state index in [9.17, 15) is 8.78 Å². The minimum Gasteiger partial charge on any atom is -0.385 e. The van der Waals surface area contributed by atoms with Crippen LogP contribution < -0.4 is 5.32 Å². The molecule has 1 nitrogen and oxygen atoms in total. The normalized spacial score (nSPS) is 15.9. The Hall–Kier alpha value is -1.12. The number of halogens is 2. The molecule has 0 bridgehead atoms. The van der Waals surface area contributed by atoms with Gasteiger partial charge in [0.15, 0.2) is 0 Å². The Labute approximate surface area is 82.1 Å². The molecule has 0 aromatic heterocycles. The van der Waals surface area contributed by atoms with Gasteiger partial charge in [-0.15, -0.1) is 0 Å². The average molecular weight is 197 g/mol. The van der Waals surface area contributed by atoms with Gasteiger partial charge in [-0.25, -0.2) is 8.78 Å². The molecule has 1 heterocycles. The molecule has 0 fully saturated rings. The summed E-state index contributed by atoms with van der Waals surface area (Å²) in [6, 6.07) is 4.86. The topological polar surface area (TPSA) is 12.0 Å². The maximum atomic E-state index is 13.0. The molecule has 0 aliphatic carbocycles. The fourth-order valence-corrected chi connectivity index (χ4v) is 1.75. The number of fused-ring (bicyclic) bond motifs is 1. The summed E-state index contributed by atoms with van der Waals surface area (Å²) in [6.07, 6.45) is 1.91. The van der Waals surface area contributed by atoms with Crippen LogP contribution in [0.3, 0.4) is 0 Å². The van der Waals surface area contributed by atoms with Crippen LogP contribution in [-0.4, -0.2) is 6.54 Å². The molecule has 0 radical (unpaired) electrons. The van der Waals surface area contributed by atoms with Crippen LogP contribution in [0.5, 0.6) is 0 Å². The SMILES string of the molecule is CC(F)(F)c1ccc2c(c1)CCCN2.